The van der Waals surface area contributed by atoms with E-state index in [0.717, 1.165) is 12.3 Å². The van der Waals surface area contributed by atoms with Crippen LogP contribution in [0.2, 0.25) is 0 Å². The Bertz CT molecular complexity index is 480. The average molecular weight is 216 g/mol. The quantitative estimate of drug-likeness (QED) is 0.707. The highest BCUT2D eigenvalue weighted by molar-refractivity contribution is 7.89. The second kappa shape index (κ2) is 3.35. The Kier molecular flexibility index (Phi) is 2.54. The number of sulfonamides is 1. The van der Waals surface area contributed by atoms with E-state index in [9.17, 15) is 13.2 Å². The van der Waals surface area contributed by atoms with Gasteiger partial charge in [0.15, 0.2) is 0 Å². The van der Waals surface area contributed by atoms with Crippen molar-refractivity contribution in [1.29, 1.82) is 0 Å². The molecule has 1 aromatic rings. The third-order valence-electron chi connectivity index (χ3n) is 1.62. The number of aromatic nitrogens is 1. The normalized spacial score (nSPS) is 11.3. The molecular weight excluding hydrogens is 208 g/mol. The van der Waals surface area contributed by atoms with Gasteiger partial charge in [-0.25, -0.2) is 18.4 Å². The summed E-state index contributed by atoms with van der Waals surface area (Å²) in [5.41, 5.74) is 0.0708. The average Bonchev–Trinajstić information content (AvgIpc) is 2.02. The van der Waals surface area contributed by atoms with Crippen LogP contribution in [0.3, 0.4) is 0 Å². The molecule has 14 heavy (non-hydrogen) atoms. The van der Waals surface area contributed by atoms with Crippen molar-refractivity contribution in [2.45, 2.75) is 11.8 Å². The van der Waals surface area contributed by atoms with Gasteiger partial charge in [-0.05, 0) is 13.0 Å². The lowest BCUT2D eigenvalue weighted by atomic mass is 10.2. The zero-order valence-corrected chi connectivity index (χ0v) is 8.08. The van der Waals surface area contributed by atoms with E-state index < -0.39 is 16.0 Å². The molecule has 0 saturated heterocycles. The number of carboxylic acids is 1. The van der Waals surface area contributed by atoms with Gasteiger partial charge in [-0.15, -0.1) is 0 Å². The molecule has 7 heteroatoms. The molecule has 0 fully saturated rings. The second-order valence-corrected chi connectivity index (χ2v) is 4.22. The van der Waals surface area contributed by atoms with Crippen LogP contribution < -0.4 is 5.14 Å². The molecule has 6 nitrogen and oxygen atoms in total. The van der Waals surface area contributed by atoms with Gasteiger partial charge in [0.1, 0.15) is 4.90 Å². The summed E-state index contributed by atoms with van der Waals surface area (Å²) in [7, 11) is -3.90. The lowest BCUT2D eigenvalue weighted by molar-refractivity contribution is 0.0695. The van der Waals surface area contributed by atoms with Gasteiger partial charge >= 0.3 is 5.97 Å². The van der Waals surface area contributed by atoms with E-state index in [0.29, 0.717) is 0 Å². The van der Waals surface area contributed by atoms with Crippen molar-refractivity contribution in [2.24, 2.45) is 5.14 Å². The molecule has 3 N–H and O–H groups in total. The lowest BCUT2D eigenvalue weighted by Gasteiger charge is -2.02. The number of carbonyl (C=O) groups is 1. The first kappa shape index (κ1) is 10.6. The van der Waals surface area contributed by atoms with Gasteiger partial charge in [-0.3, -0.25) is 4.98 Å². The molecule has 0 atom stereocenters. The fourth-order valence-electron chi connectivity index (χ4n) is 0.886. The molecule has 0 aliphatic rings. The molecular formula is C7H8N2O4S. The third-order valence-corrected chi connectivity index (χ3v) is 2.50. The van der Waals surface area contributed by atoms with Crippen molar-refractivity contribution in [2.75, 3.05) is 0 Å². The summed E-state index contributed by atoms with van der Waals surface area (Å²) in [5, 5.41) is 13.5. The van der Waals surface area contributed by atoms with Crippen molar-refractivity contribution in [3.8, 4) is 0 Å². The van der Waals surface area contributed by atoms with Gasteiger partial charge in [-0.2, -0.15) is 0 Å². The van der Waals surface area contributed by atoms with Crippen molar-refractivity contribution in [3.05, 3.63) is 23.5 Å². The van der Waals surface area contributed by atoms with E-state index >= 15 is 0 Å². The molecule has 1 aromatic heterocycles. The fraction of sp³-hybridized carbons (Fsp3) is 0.143. The van der Waals surface area contributed by atoms with Crippen molar-refractivity contribution < 1.29 is 18.3 Å². The number of hydrogen-bond donors (Lipinski definition) is 2. The first-order chi connectivity index (χ1) is 6.32. The van der Waals surface area contributed by atoms with Crippen molar-refractivity contribution in [3.63, 3.8) is 0 Å². The number of primary sulfonamides is 1. The Balaban J connectivity index is 3.42. The Hall–Kier alpha value is -1.47. The summed E-state index contributed by atoms with van der Waals surface area (Å²) in [6.07, 6.45) is 1.02. The zero-order chi connectivity index (χ0) is 10.9. The molecule has 0 aromatic carbocycles. The summed E-state index contributed by atoms with van der Waals surface area (Å²) < 4.78 is 21.7. The summed E-state index contributed by atoms with van der Waals surface area (Å²) >= 11 is 0. The monoisotopic (exact) mass is 216 g/mol. The minimum absolute atomic E-state index is 0.170. The molecule has 0 radical (unpaired) electrons. The number of rotatable bonds is 2. The molecule has 0 spiro atoms. The highest BCUT2D eigenvalue weighted by Crippen LogP contribution is 2.11. The number of nitrogens with zero attached hydrogens (tertiary/aromatic N) is 1. The van der Waals surface area contributed by atoms with Crippen LogP contribution in [0.25, 0.3) is 0 Å². The lowest BCUT2D eigenvalue weighted by Crippen LogP contribution is -2.14. The second-order valence-electron chi connectivity index (χ2n) is 2.65. The Labute approximate surface area is 80.4 Å². The summed E-state index contributed by atoms with van der Waals surface area (Å²) in [6, 6.07) is 0.986. The van der Waals surface area contributed by atoms with Gasteiger partial charge in [0.25, 0.3) is 0 Å². The van der Waals surface area contributed by atoms with Crippen LogP contribution in [0.5, 0.6) is 0 Å². The van der Waals surface area contributed by atoms with Crippen LogP contribution in [-0.4, -0.2) is 24.5 Å². The maximum absolute atomic E-state index is 10.9. The first-order valence-electron chi connectivity index (χ1n) is 3.55. The number of aromatic carboxylic acids is 1. The highest BCUT2D eigenvalue weighted by Gasteiger charge is 2.14. The molecule has 0 bridgehead atoms. The minimum Gasteiger partial charge on any atom is -0.478 e. The Morgan fingerprint density at radius 2 is 2.14 bits per heavy atom. The summed E-state index contributed by atoms with van der Waals surface area (Å²) in [6.45, 7) is 1.47. The standard InChI is InChI=1S/C7H8N2O4S/c1-4-6(7(10)11)2-5(3-9-4)14(8,12)13/h2-3H,1H3,(H,10,11)(H2,8,12,13). The van der Waals surface area contributed by atoms with E-state index in [1.807, 2.05) is 0 Å². The molecule has 1 heterocycles. The van der Waals surface area contributed by atoms with Gasteiger partial charge in [-0.1, -0.05) is 0 Å². The van der Waals surface area contributed by atoms with Crippen LogP contribution in [0.4, 0.5) is 0 Å². The van der Waals surface area contributed by atoms with Gasteiger partial charge in [0, 0.05) is 6.20 Å². The van der Waals surface area contributed by atoms with Crippen LogP contribution in [0.15, 0.2) is 17.2 Å². The van der Waals surface area contributed by atoms with E-state index in [1.165, 1.54) is 6.92 Å². The first-order valence-corrected chi connectivity index (χ1v) is 5.10. The van der Waals surface area contributed by atoms with E-state index in [2.05, 4.69) is 4.98 Å². The Morgan fingerprint density at radius 3 is 2.57 bits per heavy atom. The number of hydrogen-bond acceptors (Lipinski definition) is 4. The van der Waals surface area contributed by atoms with Gasteiger partial charge < -0.3 is 5.11 Å². The van der Waals surface area contributed by atoms with Crippen molar-refractivity contribution in [1.82, 2.24) is 4.98 Å². The summed E-state index contributed by atoms with van der Waals surface area (Å²) in [5.74, 6) is -1.24. The molecule has 0 saturated carbocycles. The minimum atomic E-state index is -3.90. The van der Waals surface area contributed by atoms with Gasteiger partial charge in [0.2, 0.25) is 10.0 Å². The number of nitrogens with two attached hydrogens (primary N) is 1. The fourth-order valence-corrected chi connectivity index (χ4v) is 1.37. The molecule has 0 aliphatic carbocycles. The third kappa shape index (κ3) is 2.06. The maximum Gasteiger partial charge on any atom is 0.337 e. The van der Waals surface area contributed by atoms with Crippen molar-refractivity contribution >= 4 is 16.0 Å². The molecule has 0 unspecified atom stereocenters. The number of pyridine rings is 1. The topological polar surface area (TPSA) is 110 Å². The van der Waals surface area contributed by atoms with E-state index in [4.69, 9.17) is 10.2 Å². The summed E-state index contributed by atoms with van der Waals surface area (Å²) in [4.78, 5) is 13.9. The molecule has 0 amide bonds. The van der Waals surface area contributed by atoms with Crippen LogP contribution in [0.1, 0.15) is 16.1 Å². The largest absolute Gasteiger partial charge is 0.478 e. The predicted molar refractivity (Wildman–Crippen MR) is 47.3 cm³/mol. The maximum atomic E-state index is 10.9. The number of aryl methyl sites for hydroxylation is 1. The highest BCUT2D eigenvalue weighted by atomic mass is 32.2. The van der Waals surface area contributed by atoms with E-state index in [1.54, 1.807) is 0 Å². The molecule has 0 aliphatic heterocycles. The zero-order valence-electron chi connectivity index (χ0n) is 7.26. The Morgan fingerprint density at radius 1 is 1.57 bits per heavy atom. The number of carboxylic acid groups (broad SMARTS) is 1. The predicted octanol–water partition coefficient (Wildman–Crippen LogP) is -0.264. The molecule has 1 rings (SSSR count). The SMILES string of the molecule is Cc1ncc(S(N)(=O)=O)cc1C(=O)O. The van der Waals surface area contributed by atoms with Gasteiger partial charge in [0.05, 0.1) is 11.3 Å². The van der Waals surface area contributed by atoms with Crippen LogP contribution in [0, 0.1) is 6.92 Å². The van der Waals surface area contributed by atoms with Crippen LogP contribution >= 0.6 is 0 Å². The molecule has 76 valence electrons. The van der Waals surface area contributed by atoms with E-state index in [-0.39, 0.29) is 16.2 Å². The smallest absolute Gasteiger partial charge is 0.337 e. The van der Waals surface area contributed by atoms with Crippen LogP contribution in [-0.2, 0) is 10.0 Å².